The molecule has 1 N–H and O–H groups in total. The summed E-state index contributed by atoms with van der Waals surface area (Å²) in [6, 6.07) is 1.05. The maximum Gasteiger partial charge on any atom is 0.326 e. The summed E-state index contributed by atoms with van der Waals surface area (Å²) in [6.07, 6.45) is 9.12. The van der Waals surface area contributed by atoms with E-state index in [0.29, 0.717) is 12.1 Å². The maximum atomic E-state index is 12.2. The summed E-state index contributed by atoms with van der Waals surface area (Å²) in [5.41, 5.74) is -0.417. The fraction of sp³-hybridized carbons (Fsp3) is 0.938. The molecule has 116 valence electrons. The zero-order valence-corrected chi connectivity index (χ0v) is 13.3. The van der Waals surface area contributed by atoms with Gasteiger partial charge >= 0.3 is 5.97 Å². The zero-order valence-electron chi connectivity index (χ0n) is 13.3. The second-order valence-electron chi connectivity index (χ2n) is 6.58. The minimum Gasteiger partial charge on any atom is -0.468 e. The second kappa shape index (κ2) is 6.90. The van der Waals surface area contributed by atoms with Crippen molar-refractivity contribution in [3.05, 3.63) is 0 Å². The van der Waals surface area contributed by atoms with E-state index in [4.69, 9.17) is 4.74 Å². The number of unbranched alkanes of at least 4 members (excludes halogenated alkanes) is 2. The van der Waals surface area contributed by atoms with E-state index in [1.54, 1.807) is 0 Å². The Morgan fingerprint density at radius 2 is 2.10 bits per heavy atom. The lowest BCUT2D eigenvalue weighted by Crippen LogP contribution is -2.52. The van der Waals surface area contributed by atoms with Crippen LogP contribution in [-0.2, 0) is 9.53 Å². The maximum absolute atomic E-state index is 12.2. The van der Waals surface area contributed by atoms with E-state index in [1.165, 1.54) is 39.2 Å². The normalized spacial score (nSPS) is 29.9. The van der Waals surface area contributed by atoms with Crippen molar-refractivity contribution < 1.29 is 9.53 Å². The van der Waals surface area contributed by atoms with Gasteiger partial charge in [-0.15, -0.1) is 0 Å². The molecule has 0 bridgehead atoms. The molecule has 0 aromatic carbocycles. The smallest absolute Gasteiger partial charge is 0.326 e. The van der Waals surface area contributed by atoms with Crippen molar-refractivity contribution in [2.75, 3.05) is 20.7 Å². The molecule has 0 aromatic heterocycles. The number of carbonyl (C=O) groups is 1. The number of nitrogens with zero attached hydrogens (tertiary/aromatic N) is 1. The predicted molar refractivity (Wildman–Crippen MR) is 80.7 cm³/mol. The molecule has 2 unspecified atom stereocenters. The highest BCUT2D eigenvalue weighted by molar-refractivity contribution is 5.81. The molecular formula is C16H30N2O2. The van der Waals surface area contributed by atoms with Crippen LogP contribution in [0.5, 0.6) is 0 Å². The van der Waals surface area contributed by atoms with E-state index in [2.05, 4.69) is 24.2 Å². The molecule has 2 saturated carbocycles. The molecule has 20 heavy (non-hydrogen) atoms. The van der Waals surface area contributed by atoms with E-state index in [1.807, 2.05) is 0 Å². The molecule has 0 aromatic rings. The number of carbonyl (C=O) groups excluding carboxylic acids is 1. The van der Waals surface area contributed by atoms with Crippen molar-refractivity contribution in [3.63, 3.8) is 0 Å². The number of nitrogens with one attached hydrogen (secondary N) is 1. The van der Waals surface area contributed by atoms with Crippen molar-refractivity contribution in [2.45, 2.75) is 75.9 Å². The second-order valence-corrected chi connectivity index (χ2v) is 6.58. The largest absolute Gasteiger partial charge is 0.468 e. The van der Waals surface area contributed by atoms with Gasteiger partial charge in [0.25, 0.3) is 0 Å². The Hall–Kier alpha value is -0.610. The Balaban J connectivity index is 1.90. The summed E-state index contributed by atoms with van der Waals surface area (Å²) >= 11 is 0. The minimum absolute atomic E-state index is 0.0612. The molecule has 2 atom stereocenters. The summed E-state index contributed by atoms with van der Waals surface area (Å²) < 4.78 is 5.07. The summed E-state index contributed by atoms with van der Waals surface area (Å²) in [5, 5.41) is 3.57. The molecule has 4 nitrogen and oxygen atoms in total. The Morgan fingerprint density at radius 1 is 1.35 bits per heavy atom. The standard InChI is InChI=1S/C16H30N2O2/c1-4-5-6-11-18(2)14-9-10-16(12-14,15(19)20-3)17-13-7-8-13/h13-14,17H,4-12H2,1-3H3. The van der Waals surface area contributed by atoms with Crippen LogP contribution < -0.4 is 5.32 Å². The Labute approximate surface area is 123 Å². The summed E-state index contributed by atoms with van der Waals surface area (Å²) in [4.78, 5) is 14.7. The van der Waals surface area contributed by atoms with Gasteiger partial charge in [-0.3, -0.25) is 10.1 Å². The number of rotatable bonds is 8. The summed E-state index contributed by atoms with van der Waals surface area (Å²) in [7, 11) is 3.71. The third-order valence-corrected chi connectivity index (χ3v) is 4.86. The van der Waals surface area contributed by atoms with E-state index >= 15 is 0 Å². The third-order valence-electron chi connectivity index (χ3n) is 4.86. The zero-order chi connectivity index (χ0) is 14.6. The predicted octanol–water partition coefficient (Wildman–Crippen LogP) is 2.32. The van der Waals surface area contributed by atoms with Gasteiger partial charge < -0.3 is 9.64 Å². The molecule has 2 aliphatic rings. The number of esters is 1. The summed E-state index contributed by atoms with van der Waals surface area (Å²) in [5.74, 6) is -0.0612. The average Bonchev–Trinajstić information content (AvgIpc) is 3.15. The lowest BCUT2D eigenvalue weighted by atomic mass is 9.97. The van der Waals surface area contributed by atoms with Crippen molar-refractivity contribution in [2.24, 2.45) is 0 Å². The van der Waals surface area contributed by atoms with Crippen LogP contribution in [0.15, 0.2) is 0 Å². The lowest BCUT2D eigenvalue weighted by molar-refractivity contribution is -0.148. The molecule has 2 fully saturated rings. The molecule has 0 aliphatic heterocycles. The number of hydrogen-bond donors (Lipinski definition) is 1. The quantitative estimate of drug-likeness (QED) is 0.548. The first-order chi connectivity index (χ1) is 9.61. The van der Waals surface area contributed by atoms with Gasteiger partial charge in [-0.2, -0.15) is 0 Å². The fourth-order valence-corrected chi connectivity index (χ4v) is 3.38. The monoisotopic (exact) mass is 282 g/mol. The van der Waals surface area contributed by atoms with Crippen LogP contribution in [0.1, 0.15) is 58.3 Å². The fourth-order valence-electron chi connectivity index (χ4n) is 3.38. The SMILES string of the molecule is CCCCCN(C)C1CCC(NC2CC2)(C(=O)OC)C1. The molecule has 0 saturated heterocycles. The Morgan fingerprint density at radius 3 is 2.70 bits per heavy atom. The Kier molecular flexibility index (Phi) is 5.44. The van der Waals surface area contributed by atoms with Crippen molar-refractivity contribution in [3.8, 4) is 0 Å². The van der Waals surface area contributed by atoms with E-state index in [9.17, 15) is 4.79 Å². The molecule has 0 radical (unpaired) electrons. The highest BCUT2D eigenvalue weighted by Crippen LogP contribution is 2.37. The van der Waals surface area contributed by atoms with E-state index in [-0.39, 0.29) is 5.97 Å². The number of ether oxygens (including phenoxy) is 1. The van der Waals surface area contributed by atoms with Crippen LogP contribution in [0, 0.1) is 0 Å². The van der Waals surface area contributed by atoms with Gasteiger partial charge in [0.2, 0.25) is 0 Å². The van der Waals surface area contributed by atoms with Gasteiger partial charge in [-0.05, 0) is 52.1 Å². The lowest BCUT2D eigenvalue weighted by Gasteiger charge is -2.30. The van der Waals surface area contributed by atoms with E-state index in [0.717, 1.165) is 25.8 Å². The van der Waals surface area contributed by atoms with Crippen molar-refractivity contribution >= 4 is 5.97 Å². The first-order valence-electron chi connectivity index (χ1n) is 8.17. The van der Waals surface area contributed by atoms with Crippen molar-refractivity contribution in [1.82, 2.24) is 10.2 Å². The minimum atomic E-state index is -0.417. The number of hydrogen-bond acceptors (Lipinski definition) is 4. The third kappa shape index (κ3) is 3.73. The summed E-state index contributed by atoms with van der Waals surface area (Å²) in [6.45, 7) is 3.37. The van der Waals surface area contributed by atoms with E-state index < -0.39 is 5.54 Å². The van der Waals surface area contributed by atoms with Gasteiger partial charge in [-0.1, -0.05) is 19.8 Å². The van der Waals surface area contributed by atoms with Gasteiger partial charge in [0.15, 0.2) is 0 Å². The first-order valence-corrected chi connectivity index (χ1v) is 8.17. The molecule has 2 aliphatic carbocycles. The van der Waals surface area contributed by atoms with Gasteiger partial charge in [-0.25, -0.2) is 0 Å². The molecule has 4 heteroatoms. The molecule has 0 heterocycles. The topological polar surface area (TPSA) is 41.6 Å². The molecule has 0 amide bonds. The van der Waals surface area contributed by atoms with Gasteiger partial charge in [0, 0.05) is 12.1 Å². The molecular weight excluding hydrogens is 252 g/mol. The first kappa shape index (κ1) is 15.8. The van der Waals surface area contributed by atoms with Crippen LogP contribution in [-0.4, -0.2) is 49.2 Å². The van der Waals surface area contributed by atoms with Crippen LogP contribution in [0.25, 0.3) is 0 Å². The Bertz CT molecular complexity index is 330. The van der Waals surface area contributed by atoms with Crippen LogP contribution in [0.4, 0.5) is 0 Å². The van der Waals surface area contributed by atoms with Gasteiger partial charge in [0.1, 0.15) is 5.54 Å². The highest BCUT2D eigenvalue weighted by Gasteiger charge is 2.49. The molecule has 0 spiro atoms. The van der Waals surface area contributed by atoms with Crippen molar-refractivity contribution in [1.29, 1.82) is 0 Å². The molecule has 2 rings (SSSR count). The average molecular weight is 282 g/mol. The van der Waals surface area contributed by atoms with Gasteiger partial charge in [0.05, 0.1) is 7.11 Å². The number of methoxy groups -OCH3 is 1. The van der Waals surface area contributed by atoms with Crippen LogP contribution >= 0.6 is 0 Å². The highest BCUT2D eigenvalue weighted by atomic mass is 16.5. The van der Waals surface area contributed by atoms with Crippen LogP contribution in [0.2, 0.25) is 0 Å². The van der Waals surface area contributed by atoms with Crippen LogP contribution in [0.3, 0.4) is 0 Å².